The average molecular weight is 532 g/mol. The maximum Gasteiger partial charge on any atom is 0.306 e. The Labute approximate surface area is 217 Å². The van der Waals surface area contributed by atoms with Crippen LogP contribution in [0.2, 0.25) is 0 Å². The van der Waals surface area contributed by atoms with Crippen LogP contribution in [0.4, 0.5) is 0 Å². The highest BCUT2D eigenvalue weighted by Gasteiger charge is 2.32. The van der Waals surface area contributed by atoms with Crippen LogP contribution in [0.25, 0.3) is 0 Å². The van der Waals surface area contributed by atoms with Crippen molar-refractivity contribution >= 4 is 27.6 Å². The van der Waals surface area contributed by atoms with Gasteiger partial charge in [0, 0.05) is 24.7 Å². The summed E-state index contributed by atoms with van der Waals surface area (Å²) in [5.74, 6) is -0.0273. The van der Waals surface area contributed by atoms with Gasteiger partial charge in [-0.15, -0.1) is 0 Å². The first-order valence-corrected chi connectivity index (χ1v) is 13.5. The molecule has 10 nitrogen and oxygen atoms in total. The van der Waals surface area contributed by atoms with Gasteiger partial charge in [-0.1, -0.05) is 20.8 Å². The van der Waals surface area contributed by atoms with Gasteiger partial charge in [0.05, 0.1) is 32.1 Å². The zero-order valence-corrected chi connectivity index (χ0v) is 23.0. The Morgan fingerprint density at radius 1 is 1.08 bits per heavy atom. The van der Waals surface area contributed by atoms with E-state index in [1.165, 1.54) is 20.2 Å². The Bertz CT molecular complexity index is 1360. The molecule has 0 fully saturated rings. The van der Waals surface area contributed by atoms with E-state index in [4.69, 9.17) is 19.1 Å². The van der Waals surface area contributed by atoms with Crippen LogP contribution in [0.3, 0.4) is 0 Å². The van der Waals surface area contributed by atoms with Gasteiger partial charge in [-0.3, -0.25) is 15.0 Å². The van der Waals surface area contributed by atoms with Crippen molar-refractivity contribution in [1.29, 1.82) is 5.41 Å². The van der Waals surface area contributed by atoms with E-state index in [0.717, 1.165) is 11.8 Å². The third-order valence-electron chi connectivity index (χ3n) is 5.90. The minimum absolute atomic E-state index is 0.0855. The standard InChI is InChI=1S/C26H33N3O7S/c1-8-35-21-9-15-13-29(24(27)16(15)10-18(21)25(31)28-5)14-20(30)17-11-23(36-37(7,32)33)22(34-6)12-19(17)26(2,3)4/h9-12,27H,8,13-14H2,1-7H3,(H,28,31). The topological polar surface area (TPSA) is 135 Å². The Hall–Kier alpha value is -3.60. The average Bonchev–Trinajstić information content (AvgIpc) is 3.10. The molecule has 3 rings (SSSR count). The van der Waals surface area contributed by atoms with E-state index in [2.05, 4.69) is 5.32 Å². The largest absolute Gasteiger partial charge is 0.493 e. The molecule has 0 saturated heterocycles. The van der Waals surface area contributed by atoms with Crippen molar-refractivity contribution in [2.45, 2.75) is 39.7 Å². The molecule has 1 aliphatic heterocycles. The molecule has 2 aromatic rings. The Kier molecular flexibility index (Phi) is 7.87. The van der Waals surface area contributed by atoms with Crippen LogP contribution in [0, 0.1) is 5.41 Å². The molecule has 1 amide bonds. The Balaban J connectivity index is 2.00. The molecule has 1 aliphatic rings. The third kappa shape index (κ3) is 6.04. The normalized spacial score (nSPS) is 13.3. The first-order chi connectivity index (χ1) is 17.2. The second kappa shape index (κ2) is 10.4. The van der Waals surface area contributed by atoms with Crippen molar-refractivity contribution in [2.24, 2.45) is 0 Å². The number of benzene rings is 2. The summed E-state index contributed by atoms with van der Waals surface area (Å²) in [6.45, 7) is 8.11. The van der Waals surface area contributed by atoms with E-state index in [-0.39, 0.29) is 47.7 Å². The fourth-order valence-electron chi connectivity index (χ4n) is 4.21. The minimum atomic E-state index is -3.87. The van der Waals surface area contributed by atoms with E-state index in [9.17, 15) is 18.0 Å². The number of methoxy groups -OCH3 is 1. The van der Waals surface area contributed by atoms with Crippen LogP contribution in [-0.2, 0) is 22.1 Å². The number of nitrogens with one attached hydrogen (secondary N) is 2. The lowest BCUT2D eigenvalue weighted by Crippen LogP contribution is -2.31. The summed E-state index contributed by atoms with van der Waals surface area (Å²) in [4.78, 5) is 27.6. The lowest BCUT2D eigenvalue weighted by Gasteiger charge is -2.25. The highest BCUT2D eigenvalue weighted by molar-refractivity contribution is 7.86. The van der Waals surface area contributed by atoms with E-state index in [1.54, 1.807) is 23.1 Å². The first-order valence-electron chi connectivity index (χ1n) is 11.7. The number of amidine groups is 1. The summed E-state index contributed by atoms with van der Waals surface area (Å²) < 4.78 is 39.7. The number of carbonyl (C=O) groups is 2. The molecule has 0 bridgehead atoms. The lowest BCUT2D eigenvalue weighted by atomic mass is 9.82. The number of nitrogens with zero attached hydrogens (tertiary/aromatic N) is 1. The number of Topliss-reactive ketones (excluding diaryl/α,β-unsaturated/α-hetero) is 1. The second-order valence-corrected chi connectivity index (χ2v) is 11.3. The smallest absolute Gasteiger partial charge is 0.306 e. The molecule has 2 aromatic carbocycles. The van der Waals surface area contributed by atoms with Gasteiger partial charge in [0.25, 0.3) is 5.91 Å². The number of amides is 1. The number of hydrogen-bond acceptors (Lipinski definition) is 8. The SMILES string of the molecule is CCOc1cc2c(cc1C(=O)NC)C(=N)N(CC(=O)c1cc(OS(C)(=O)=O)c(OC)cc1C(C)(C)C)C2. The van der Waals surface area contributed by atoms with Gasteiger partial charge in [0.1, 0.15) is 11.6 Å². The summed E-state index contributed by atoms with van der Waals surface area (Å²) in [5.41, 5.74) is 2.07. The summed E-state index contributed by atoms with van der Waals surface area (Å²) in [6, 6.07) is 6.33. The number of rotatable bonds is 9. The van der Waals surface area contributed by atoms with Crippen molar-refractivity contribution in [3.05, 3.63) is 52.1 Å². The zero-order chi connectivity index (χ0) is 27.7. The van der Waals surface area contributed by atoms with Crippen LogP contribution < -0.4 is 19.0 Å². The molecule has 0 aromatic heterocycles. The van der Waals surface area contributed by atoms with Crippen LogP contribution in [0.1, 0.15) is 65.1 Å². The van der Waals surface area contributed by atoms with E-state index >= 15 is 0 Å². The lowest BCUT2D eigenvalue weighted by molar-refractivity contribution is 0.0952. The minimum Gasteiger partial charge on any atom is -0.493 e. The molecule has 0 atom stereocenters. The summed E-state index contributed by atoms with van der Waals surface area (Å²) >= 11 is 0. The summed E-state index contributed by atoms with van der Waals surface area (Å²) in [5, 5.41) is 11.3. The molecule has 0 unspecified atom stereocenters. The van der Waals surface area contributed by atoms with Crippen molar-refractivity contribution in [3.63, 3.8) is 0 Å². The fraction of sp³-hybridized carbons (Fsp3) is 0.423. The van der Waals surface area contributed by atoms with Gasteiger partial charge in [-0.25, -0.2) is 0 Å². The molecule has 200 valence electrons. The van der Waals surface area contributed by atoms with Crippen molar-refractivity contribution in [1.82, 2.24) is 10.2 Å². The monoisotopic (exact) mass is 531 g/mol. The third-order valence-corrected chi connectivity index (χ3v) is 6.38. The molecular weight excluding hydrogens is 498 g/mol. The molecule has 0 spiro atoms. The quantitative estimate of drug-likeness (QED) is 0.372. The number of ketones is 1. The molecule has 0 radical (unpaired) electrons. The van der Waals surface area contributed by atoms with E-state index < -0.39 is 15.5 Å². The van der Waals surface area contributed by atoms with Crippen molar-refractivity contribution < 1.29 is 31.7 Å². The molecule has 0 aliphatic carbocycles. The second-order valence-electron chi connectivity index (χ2n) is 9.73. The van der Waals surface area contributed by atoms with Gasteiger partial charge in [0.15, 0.2) is 17.3 Å². The molecule has 0 saturated carbocycles. The van der Waals surface area contributed by atoms with Crippen LogP contribution in [-0.4, -0.2) is 64.4 Å². The van der Waals surface area contributed by atoms with Gasteiger partial charge in [-0.05, 0) is 47.7 Å². The highest BCUT2D eigenvalue weighted by atomic mass is 32.2. The van der Waals surface area contributed by atoms with Crippen LogP contribution >= 0.6 is 0 Å². The van der Waals surface area contributed by atoms with E-state index in [1.807, 2.05) is 27.7 Å². The predicted molar refractivity (Wildman–Crippen MR) is 140 cm³/mol. The highest BCUT2D eigenvalue weighted by Crippen LogP contribution is 2.38. The van der Waals surface area contributed by atoms with Crippen molar-refractivity contribution in [3.8, 4) is 17.2 Å². The number of hydrogen-bond donors (Lipinski definition) is 2. The number of fused-ring (bicyclic) bond motifs is 1. The maximum atomic E-state index is 13.6. The summed E-state index contributed by atoms with van der Waals surface area (Å²) in [7, 11) is -0.958. The molecule has 11 heteroatoms. The van der Waals surface area contributed by atoms with Crippen LogP contribution in [0.5, 0.6) is 17.2 Å². The van der Waals surface area contributed by atoms with Gasteiger partial charge in [0.2, 0.25) is 0 Å². The first kappa shape index (κ1) is 28.0. The van der Waals surface area contributed by atoms with E-state index in [0.29, 0.717) is 29.0 Å². The van der Waals surface area contributed by atoms with Crippen molar-refractivity contribution in [2.75, 3.05) is 33.6 Å². The van der Waals surface area contributed by atoms with Crippen LogP contribution in [0.15, 0.2) is 24.3 Å². The van der Waals surface area contributed by atoms with Gasteiger partial charge >= 0.3 is 10.1 Å². The number of ether oxygens (including phenoxy) is 2. The maximum absolute atomic E-state index is 13.6. The Morgan fingerprint density at radius 2 is 1.76 bits per heavy atom. The zero-order valence-electron chi connectivity index (χ0n) is 22.1. The molecule has 1 heterocycles. The van der Waals surface area contributed by atoms with Gasteiger partial charge in [-0.2, -0.15) is 8.42 Å². The summed E-state index contributed by atoms with van der Waals surface area (Å²) in [6.07, 6.45) is 0.915. The molecule has 2 N–H and O–H groups in total. The molecule has 37 heavy (non-hydrogen) atoms. The fourth-order valence-corrected chi connectivity index (χ4v) is 4.66. The Morgan fingerprint density at radius 3 is 2.30 bits per heavy atom. The number of carbonyl (C=O) groups excluding carboxylic acids is 2. The predicted octanol–water partition coefficient (Wildman–Crippen LogP) is 3.11. The molecular formula is C26H33N3O7S. The van der Waals surface area contributed by atoms with Gasteiger partial charge < -0.3 is 23.9 Å².